The van der Waals surface area contributed by atoms with Crippen molar-refractivity contribution < 1.29 is 9.32 Å². The van der Waals surface area contributed by atoms with Gasteiger partial charge in [-0.15, -0.1) is 0 Å². The van der Waals surface area contributed by atoms with E-state index in [1.807, 2.05) is 36.4 Å². The molecule has 0 aliphatic rings. The first-order chi connectivity index (χ1) is 10.6. The van der Waals surface area contributed by atoms with Crippen molar-refractivity contribution in [3.63, 3.8) is 0 Å². The number of hydrogen-bond donors (Lipinski definition) is 1. The number of aromatic amines is 1. The minimum atomic E-state index is -0.127. The zero-order valence-electron chi connectivity index (χ0n) is 12.4. The SMILES string of the molecule is Cc1noc(CN(C)C(=O)c2ccc(-c3ccccc3)[nH]2)n1. The molecule has 0 fully saturated rings. The normalized spacial score (nSPS) is 10.6. The van der Waals surface area contributed by atoms with Gasteiger partial charge in [-0.25, -0.2) is 0 Å². The summed E-state index contributed by atoms with van der Waals surface area (Å²) >= 11 is 0. The maximum absolute atomic E-state index is 12.4. The molecular weight excluding hydrogens is 280 g/mol. The van der Waals surface area contributed by atoms with Gasteiger partial charge >= 0.3 is 0 Å². The summed E-state index contributed by atoms with van der Waals surface area (Å²) in [5.41, 5.74) is 2.47. The molecule has 2 heterocycles. The largest absolute Gasteiger partial charge is 0.351 e. The molecule has 0 bridgehead atoms. The number of amides is 1. The molecule has 0 spiro atoms. The van der Waals surface area contributed by atoms with Gasteiger partial charge in [0.05, 0.1) is 0 Å². The van der Waals surface area contributed by atoms with Crippen LogP contribution >= 0.6 is 0 Å². The predicted molar refractivity (Wildman–Crippen MR) is 81.1 cm³/mol. The fourth-order valence-electron chi connectivity index (χ4n) is 2.19. The minimum absolute atomic E-state index is 0.127. The van der Waals surface area contributed by atoms with Gasteiger partial charge in [0.15, 0.2) is 5.82 Å². The Morgan fingerprint density at radius 1 is 1.23 bits per heavy atom. The van der Waals surface area contributed by atoms with Crippen LogP contribution in [0.2, 0.25) is 0 Å². The van der Waals surface area contributed by atoms with Crippen molar-refractivity contribution in [3.8, 4) is 11.3 Å². The zero-order chi connectivity index (χ0) is 15.5. The molecule has 1 aromatic carbocycles. The van der Waals surface area contributed by atoms with E-state index in [4.69, 9.17) is 4.52 Å². The van der Waals surface area contributed by atoms with E-state index in [9.17, 15) is 4.79 Å². The van der Waals surface area contributed by atoms with Crippen LogP contribution < -0.4 is 0 Å². The van der Waals surface area contributed by atoms with Crippen molar-refractivity contribution in [2.45, 2.75) is 13.5 Å². The van der Waals surface area contributed by atoms with E-state index >= 15 is 0 Å². The summed E-state index contributed by atoms with van der Waals surface area (Å²) in [7, 11) is 1.70. The monoisotopic (exact) mass is 296 g/mol. The first-order valence-corrected chi connectivity index (χ1v) is 6.92. The molecule has 0 aliphatic heterocycles. The van der Waals surface area contributed by atoms with E-state index in [1.54, 1.807) is 20.0 Å². The molecule has 2 aromatic heterocycles. The van der Waals surface area contributed by atoms with Crippen molar-refractivity contribution in [2.24, 2.45) is 0 Å². The summed E-state index contributed by atoms with van der Waals surface area (Å²) in [5, 5.41) is 3.71. The maximum atomic E-state index is 12.4. The second-order valence-electron chi connectivity index (χ2n) is 5.05. The number of aryl methyl sites for hydroxylation is 1. The Morgan fingerprint density at radius 2 is 2.00 bits per heavy atom. The first kappa shape index (κ1) is 14.1. The van der Waals surface area contributed by atoms with Crippen LogP contribution in [0.1, 0.15) is 22.2 Å². The van der Waals surface area contributed by atoms with Crippen LogP contribution in [-0.2, 0) is 6.54 Å². The van der Waals surface area contributed by atoms with Crippen molar-refractivity contribution >= 4 is 5.91 Å². The Morgan fingerprint density at radius 3 is 2.68 bits per heavy atom. The number of carbonyl (C=O) groups excluding carboxylic acids is 1. The number of H-pyrrole nitrogens is 1. The molecule has 0 unspecified atom stereocenters. The summed E-state index contributed by atoms with van der Waals surface area (Å²) in [6.07, 6.45) is 0. The van der Waals surface area contributed by atoms with Crippen LogP contribution in [0.5, 0.6) is 0 Å². The molecular formula is C16H16N4O2. The van der Waals surface area contributed by atoms with Gasteiger partial charge in [-0.2, -0.15) is 4.98 Å². The highest BCUT2D eigenvalue weighted by Gasteiger charge is 2.16. The molecule has 3 aromatic rings. The molecule has 0 atom stereocenters. The third-order valence-corrected chi connectivity index (χ3v) is 3.29. The van der Waals surface area contributed by atoms with Crippen LogP contribution in [0.4, 0.5) is 0 Å². The molecule has 112 valence electrons. The summed E-state index contributed by atoms with van der Waals surface area (Å²) in [5.74, 6) is 0.850. The number of nitrogens with zero attached hydrogens (tertiary/aromatic N) is 3. The Hall–Kier alpha value is -2.89. The number of aromatic nitrogens is 3. The van der Waals surface area contributed by atoms with Gasteiger partial charge in [-0.3, -0.25) is 4.79 Å². The molecule has 1 amide bonds. The molecule has 0 saturated heterocycles. The number of rotatable bonds is 4. The number of carbonyl (C=O) groups is 1. The van der Waals surface area contributed by atoms with E-state index in [1.165, 1.54) is 4.90 Å². The molecule has 0 saturated carbocycles. The lowest BCUT2D eigenvalue weighted by atomic mass is 10.2. The molecule has 22 heavy (non-hydrogen) atoms. The molecule has 0 aliphatic carbocycles. The van der Waals surface area contributed by atoms with Crippen molar-refractivity contribution in [1.82, 2.24) is 20.0 Å². The fourth-order valence-corrected chi connectivity index (χ4v) is 2.19. The van der Waals surface area contributed by atoms with Gasteiger partial charge in [0.25, 0.3) is 5.91 Å². The highest BCUT2D eigenvalue weighted by atomic mass is 16.5. The summed E-state index contributed by atoms with van der Waals surface area (Å²) < 4.78 is 5.03. The van der Waals surface area contributed by atoms with Crippen LogP contribution in [0.25, 0.3) is 11.3 Å². The molecule has 1 N–H and O–H groups in total. The lowest BCUT2D eigenvalue weighted by molar-refractivity contribution is 0.0764. The smallest absolute Gasteiger partial charge is 0.270 e. The third kappa shape index (κ3) is 2.90. The Bertz CT molecular complexity index is 776. The van der Waals surface area contributed by atoms with E-state index in [0.29, 0.717) is 17.4 Å². The molecule has 3 rings (SSSR count). The van der Waals surface area contributed by atoms with Gasteiger partial charge in [-0.05, 0) is 24.6 Å². The average Bonchev–Trinajstić information content (AvgIpc) is 3.17. The second kappa shape index (κ2) is 5.85. The Labute approximate surface area is 127 Å². The van der Waals surface area contributed by atoms with Gasteiger partial charge in [-0.1, -0.05) is 35.5 Å². The lowest BCUT2D eigenvalue weighted by Gasteiger charge is -2.13. The van der Waals surface area contributed by atoms with Crippen molar-refractivity contribution in [2.75, 3.05) is 7.05 Å². The first-order valence-electron chi connectivity index (χ1n) is 6.92. The minimum Gasteiger partial charge on any atom is -0.351 e. The van der Waals surface area contributed by atoms with E-state index in [-0.39, 0.29) is 12.5 Å². The van der Waals surface area contributed by atoms with Gasteiger partial charge in [0, 0.05) is 12.7 Å². The van der Waals surface area contributed by atoms with E-state index < -0.39 is 0 Å². The molecule has 6 heteroatoms. The number of benzene rings is 1. The highest BCUT2D eigenvalue weighted by Crippen LogP contribution is 2.18. The molecule has 0 radical (unpaired) electrons. The topological polar surface area (TPSA) is 75.0 Å². The summed E-state index contributed by atoms with van der Waals surface area (Å²) in [6, 6.07) is 13.5. The summed E-state index contributed by atoms with van der Waals surface area (Å²) in [6.45, 7) is 2.02. The molecule has 6 nitrogen and oxygen atoms in total. The Balaban J connectivity index is 1.74. The fraction of sp³-hybridized carbons (Fsp3) is 0.188. The van der Waals surface area contributed by atoms with E-state index in [2.05, 4.69) is 15.1 Å². The predicted octanol–water partition coefficient (Wildman–Crippen LogP) is 2.65. The maximum Gasteiger partial charge on any atom is 0.270 e. The van der Waals surface area contributed by atoms with Crippen LogP contribution in [0, 0.1) is 6.92 Å². The zero-order valence-corrected chi connectivity index (χ0v) is 12.4. The van der Waals surface area contributed by atoms with Crippen molar-refractivity contribution in [1.29, 1.82) is 0 Å². The quantitative estimate of drug-likeness (QED) is 0.803. The van der Waals surface area contributed by atoms with Gasteiger partial charge in [0.1, 0.15) is 12.2 Å². The Kier molecular flexibility index (Phi) is 3.74. The lowest BCUT2D eigenvalue weighted by Crippen LogP contribution is -2.26. The standard InChI is InChI=1S/C16H16N4O2/c1-11-17-15(22-19-11)10-20(2)16(21)14-9-8-13(18-14)12-6-4-3-5-7-12/h3-9,18H,10H2,1-2H3. The van der Waals surface area contributed by atoms with Crippen LogP contribution in [0.15, 0.2) is 47.0 Å². The highest BCUT2D eigenvalue weighted by molar-refractivity contribution is 5.93. The van der Waals surface area contributed by atoms with Crippen molar-refractivity contribution in [3.05, 3.63) is 59.9 Å². The second-order valence-corrected chi connectivity index (χ2v) is 5.05. The third-order valence-electron chi connectivity index (χ3n) is 3.29. The number of hydrogen-bond acceptors (Lipinski definition) is 4. The number of nitrogens with one attached hydrogen (secondary N) is 1. The summed E-state index contributed by atoms with van der Waals surface area (Å²) in [4.78, 5) is 21.2. The average molecular weight is 296 g/mol. The van der Waals surface area contributed by atoms with Gasteiger partial charge in [0.2, 0.25) is 5.89 Å². The van der Waals surface area contributed by atoms with Crippen LogP contribution in [-0.4, -0.2) is 33.0 Å². The van der Waals surface area contributed by atoms with Gasteiger partial charge < -0.3 is 14.4 Å². The van der Waals surface area contributed by atoms with E-state index in [0.717, 1.165) is 11.3 Å². The van der Waals surface area contributed by atoms with Crippen LogP contribution in [0.3, 0.4) is 0 Å².